The second-order valence-electron chi connectivity index (χ2n) is 10.5. The van der Waals surface area contributed by atoms with E-state index in [4.69, 9.17) is 0 Å². The summed E-state index contributed by atoms with van der Waals surface area (Å²) in [6, 6.07) is 0.614. The minimum absolute atomic E-state index is 0.124. The molecule has 3 atom stereocenters. The van der Waals surface area contributed by atoms with Gasteiger partial charge in [0.05, 0.1) is 11.8 Å². The normalized spacial score (nSPS) is 21.8. The Morgan fingerprint density at radius 1 is 1.27 bits per heavy atom. The van der Waals surface area contributed by atoms with E-state index >= 15 is 0 Å². The Morgan fingerprint density at radius 2 is 2.00 bits per heavy atom. The van der Waals surface area contributed by atoms with Crippen LogP contribution in [0.4, 0.5) is 0 Å². The lowest BCUT2D eigenvalue weighted by Gasteiger charge is -2.34. The smallest absolute Gasteiger partial charge is 0.248 e. The number of nitrogens with one attached hydrogen (secondary N) is 1. The van der Waals surface area contributed by atoms with Crippen LogP contribution in [0.3, 0.4) is 0 Å². The number of pyridine rings is 1. The van der Waals surface area contributed by atoms with Crippen molar-refractivity contribution in [3.8, 4) is 0 Å². The molecule has 2 aromatic heterocycles. The Morgan fingerprint density at radius 3 is 2.64 bits per heavy atom. The molecule has 0 unspecified atom stereocenters. The summed E-state index contributed by atoms with van der Waals surface area (Å²) >= 11 is 0. The van der Waals surface area contributed by atoms with Crippen LogP contribution in [0.25, 0.3) is 0 Å². The molecule has 4 rings (SSSR count). The fraction of sp³-hybridized carbons (Fsp3) is 0.625. The summed E-state index contributed by atoms with van der Waals surface area (Å²) in [5, 5.41) is 21.8. The van der Waals surface area contributed by atoms with Crippen molar-refractivity contribution >= 4 is 11.8 Å². The predicted octanol–water partition coefficient (Wildman–Crippen LogP) is 2.03. The number of aliphatic hydroxyl groups is 1. The lowest BCUT2D eigenvalue weighted by Crippen LogP contribution is -2.50. The SMILES string of the molecule is Cc1cc(C)c(CNC(=O)[C@@H]2C[C@@H](O)CN2C(=O)[C@@H](n2cc(C3CC3)nn2)C(C)(C)C)cn1. The molecule has 0 bridgehead atoms. The quantitative estimate of drug-likeness (QED) is 0.691. The molecule has 9 nitrogen and oxygen atoms in total. The molecule has 2 fully saturated rings. The third-order valence-corrected chi connectivity index (χ3v) is 6.52. The fourth-order valence-electron chi connectivity index (χ4n) is 4.54. The number of hydrogen-bond donors (Lipinski definition) is 2. The summed E-state index contributed by atoms with van der Waals surface area (Å²) in [4.78, 5) is 32.7. The molecule has 2 N–H and O–H groups in total. The maximum atomic E-state index is 13.7. The number of carbonyl (C=O) groups is 2. The summed E-state index contributed by atoms with van der Waals surface area (Å²) in [6.07, 6.45) is 5.29. The molecule has 1 aliphatic carbocycles. The second-order valence-corrected chi connectivity index (χ2v) is 10.5. The maximum absolute atomic E-state index is 13.7. The number of aromatic nitrogens is 4. The number of rotatable bonds is 6. The van der Waals surface area contributed by atoms with E-state index in [0.29, 0.717) is 12.5 Å². The van der Waals surface area contributed by atoms with E-state index in [1.807, 2.05) is 46.9 Å². The highest BCUT2D eigenvalue weighted by Crippen LogP contribution is 2.40. The van der Waals surface area contributed by atoms with E-state index in [-0.39, 0.29) is 24.8 Å². The van der Waals surface area contributed by atoms with Gasteiger partial charge in [0.1, 0.15) is 12.1 Å². The lowest BCUT2D eigenvalue weighted by atomic mass is 9.85. The average molecular weight is 455 g/mol. The molecular formula is C24H34N6O3. The fourth-order valence-corrected chi connectivity index (χ4v) is 4.54. The van der Waals surface area contributed by atoms with Crippen molar-refractivity contribution in [1.82, 2.24) is 30.2 Å². The molecule has 33 heavy (non-hydrogen) atoms. The van der Waals surface area contributed by atoms with Gasteiger partial charge < -0.3 is 15.3 Å². The minimum Gasteiger partial charge on any atom is -0.391 e. The molecule has 3 heterocycles. The highest BCUT2D eigenvalue weighted by molar-refractivity contribution is 5.90. The zero-order chi connectivity index (χ0) is 23.9. The van der Waals surface area contributed by atoms with E-state index in [1.165, 1.54) is 4.90 Å². The van der Waals surface area contributed by atoms with Gasteiger partial charge in [-0.15, -0.1) is 5.10 Å². The maximum Gasteiger partial charge on any atom is 0.248 e. The summed E-state index contributed by atoms with van der Waals surface area (Å²) in [5.74, 6) is -0.0641. The lowest BCUT2D eigenvalue weighted by molar-refractivity contribution is -0.144. The highest BCUT2D eigenvalue weighted by Gasteiger charge is 2.45. The van der Waals surface area contributed by atoms with Gasteiger partial charge in [-0.25, -0.2) is 4.68 Å². The molecule has 0 aromatic carbocycles. The number of nitrogens with zero attached hydrogens (tertiary/aromatic N) is 5. The van der Waals surface area contributed by atoms with Gasteiger partial charge in [-0.05, 0) is 49.3 Å². The number of likely N-dealkylation sites (tertiary alicyclic amines) is 1. The van der Waals surface area contributed by atoms with Crippen molar-refractivity contribution in [2.45, 2.75) is 84.5 Å². The third-order valence-electron chi connectivity index (χ3n) is 6.52. The van der Waals surface area contributed by atoms with E-state index in [2.05, 4.69) is 20.6 Å². The van der Waals surface area contributed by atoms with Crippen LogP contribution in [0, 0.1) is 19.3 Å². The number of carbonyl (C=O) groups excluding carboxylic acids is 2. The Bertz CT molecular complexity index is 1040. The Balaban J connectivity index is 1.51. The average Bonchev–Trinajstić information content (AvgIpc) is 3.34. The zero-order valence-corrected chi connectivity index (χ0v) is 20.1. The first-order valence-electron chi connectivity index (χ1n) is 11.6. The second kappa shape index (κ2) is 8.85. The molecule has 178 valence electrons. The number of hydrogen-bond acceptors (Lipinski definition) is 6. The van der Waals surface area contributed by atoms with Gasteiger partial charge in [-0.2, -0.15) is 0 Å². The van der Waals surface area contributed by atoms with Crippen molar-refractivity contribution in [3.63, 3.8) is 0 Å². The zero-order valence-electron chi connectivity index (χ0n) is 20.1. The van der Waals surface area contributed by atoms with Gasteiger partial charge in [0.15, 0.2) is 0 Å². The van der Waals surface area contributed by atoms with E-state index in [0.717, 1.165) is 35.4 Å². The van der Waals surface area contributed by atoms with Crippen LogP contribution < -0.4 is 5.32 Å². The summed E-state index contributed by atoms with van der Waals surface area (Å²) < 4.78 is 1.64. The first kappa shape index (κ1) is 23.4. The van der Waals surface area contributed by atoms with Crippen LogP contribution in [-0.4, -0.2) is 60.5 Å². The molecule has 2 aromatic rings. The number of aryl methyl sites for hydroxylation is 2. The minimum atomic E-state index is -0.745. The standard InChI is InChI=1S/C24H34N6O3/c1-14-8-15(2)25-10-17(14)11-26-22(32)20-9-18(31)12-29(20)23(33)21(24(3,4)5)30-13-19(27-28-30)16-6-7-16/h8,10,13,16,18,20-21,31H,6-7,9,11-12H2,1-5H3,(H,26,32)/t18-,20+,21-/m1/s1. The summed E-state index contributed by atoms with van der Waals surface area (Å²) in [6.45, 7) is 10.3. The first-order chi connectivity index (χ1) is 15.5. The Kier molecular flexibility index (Phi) is 6.26. The topological polar surface area (TPSA) is 113 Å². The van der Waals surface area contributed by atoms with Crippen LogP contribution in [0.2, 0.25) is 0 Å². The van der Waals surface area contributed by atoms with Crippen molar-refractivity contribution in [2.24, 2.45) is 5.41 Å². The third kappa shape index (κ3) is 5.08. The van der Waals surface area contributed by atoms with Crippen molar-refractivity contribution in [2.75, 3.05) is 6.54 Å². The molecular weight excluding hydrogens is 420 g/mol. The summed E-state index contributed by atoms with van der Waals surface area (Å²) in [5.41, 5.74) is 3.35. The monoisotopic (exact) mass is 454 g/mol. The molecule has 9 heteroatoms. The van der Waals surface area contributed by atoms with Gasteiger partial charge in [-0.1, -0.05) is 26.0 Å². The molecule has 0 spiro atoms. The van der Waals surface area contributed by atoms with E-state index < -0.39 is 23.6 Å². The van der Waals surface area contributed by atoms with Crippen molar-refractivity contribution < 1.29 is 14.7 Å². The van der Waals surface area contributed by atoms with Crippen LogP contribution in [0.1, 0.15) is 74.5 Å². The van der Waals surface area contributed by atoms with Crippen LogP contribution in [0.5, 0.6) is 0 Å². The van der Waals surface area contributed by atoms with E-state index in [1.54, 1.807) is 10.9 Å². The van der Waals surface area contributed by atoms with E-state index in [9.17, 15) is 14.7 Å². The van der Waals surface area contributed by atoms with Crippen LogP contribution in [-0.2, 0) is 16.1 Å². The number of β-amino-alcohol motifs (C(OH)–C–C–N with tert-alkyl or cyclic N) is 1. The predicted molar refractivity (Wildman–Crippen MR) is 122 cm³/mol. The van der Waals surface area contributed by atoms with Crippen LogP contribution in [0.15, 0.2) is 18.5 Å². The van der Waals surface area contributed by atoms with Crippen molar-refractivity contribution in [3.05, 3.63) is 41.0 Å². The molecule has 2 aliphatic rings. The van der Waals surface area contributed by atoms with Gasteiger partial charge in [0.2, 0.25) is 11.8 Å². The van der Waals surface area contributed by atoms with Gasteiger partial charge in [0.25, 0.3) is 0 Å². The van der Waals surface area contributed by atoms with Crippen LogP contribution >= 0.6 is 0 Å². The Labute approximate surface area is 194 Å². The highest BCUT2D eigenvalue weighted by atomic mass is 16.3. The summed E-state index contributed by atoms with van der Waals surface area (Å²) in [7, 11) is 0. The van der Waals surface area contributed by atoms with Gasteiger partial charge in [-0.3, -0.25) is 14.6 Å². The molecule has 1 saturated carbocycles. The van der Waals surface area contributed by atoms with Gasteiger partial charge in [0, 0.05) is 43.5 Å². The van der Waals surface area contributed by atoms with Crippen molar-refractivity contribution in [1.29, 1.82) is 0 Å². The largest absolute Gasteiger partial charge is 0.391 e. The number of aliphatic hydroxyl groups excluding tert-OH is 1. The molecule has 1 saturated heterocycles. The molecule has 0 radical (unpaired) electrons. The first-order valence-corrected chi connectivity index (χ1v) is 11.6. The Hall–Kier alpha value is -2.81. The molecule has 2 amide bonds. The van der Waals surface area contributed by atoms with Gasteiger partial charge >= 0.3 is 0 Å². The number of amides is 2. The molecule has 1 aliphatic heterocycles.